The average Bonchev–Trinajstić information content (AvgIpc) is 0.837. The second kappa shape index (κ2) is 51.8. The molecule has 0 radical (unpaired) electrons. The number of hydrogen-bond donors (Lipinski definition) is 2. The number of carbonyl (C=O) groups is 4. The van der Waals surface area contributed by atoms with E-state index in [9.17, 15) is 19.2 Å². The Labute approximate surface area is 702 Å². The van der Waals surface area contributed by atoms with E-state index in [1.54, 1.807) is 70.3 Å². The number of hydrogen-bond acceptors (Lipinski definition) is 32. The Balaban J connectivity index is 0.000000703. The van der Waals surface area contributed by atoms with Crippen molar-refractivity contribution in [3.05, 3.63) is 147 Å². The summed E-state index contributed by atoms with van der Waals surface area (Å²) in [6, 6.07) is 0. The van der Waals surface area contributed by atoms with Crippen LogP contribution in [0, 0.1) is 35.8 Å². The van der Waals surface area contributed by atoms with Crippen LogP contribution in [0.1, 0.15) is 88.2 Å². The summed E-state index contributed by atoms with van der Waals surface area (Å²) in [4.78, 5) is 127. The van der Waals surface area contributed by atoms with Crippen LogP contribution in [0.25, 0.3) is 0 Å². The number of carboxylic acid groups (broad SMARTS) is 1. The van der Waals surface area contributed by atoms with E-state index in [-0.39, 0.29) is 67.9 Å². The smallest absolute Gasteiger partial charge is 0.870 e. The summed E-state index contributed by atoms with van der Waals surface area (Å²) in [7, 11) is -2.51. The van der Waals surface area contributed by atoms with Gasteiger partial charge in [-0.1, -0.05) is 66.0 Å². The Hall–Kier alpha value is -9.75. The van der Waals surface area contributed by atoms with Gasteiger partial charge in [-0.15, -0.1) is 36.3 Å². The number of aromatic nitrogens is 16. The van der Waals surface area contributed by atoms with E-state index < -0.39 is 40.0 Å². The van der Waals surface area contributed by atoms with E-state index >= 15 is 0 Å². The van der Waals surface area contributed by atoms with Gasteiger partial charge in [0.2, 0.25) is 46.9 Å². The molecule has 0 aromatic carbocycles. The number of aromatic carboxylic acids is 1. The first-order valence-electron chi connectivity index (χ1n) is 34.1. The zero-order valence-electron chi connectivity index (χ0n) is 63.4. The van der Waals surface area contributed by atoms with E-state index in [1.165, 1.54) is 49.6 Å². The van der Waals surface area contributed by atoms with Crippen molar-refractivity contribution in [1.82, 2.24) is 85.1 Å². The molecular weight excluding hydrogens is 1650 g/mol. The van der Waals surface area contributed by atoms with Crippen molar-refractivity contribution in [1.29, 1.82) is 0 Å². The number of nitrogens with one attached hydrogen (secondary N) is 1. The van der Waals surface area contributed by atoms with Gasteiger partial charge < -0.3 is 69.9 Å². The molecule has 113 heavy (non-hydrogen) atoms. The minimum absolute atomic E-state index is 0. The molecule has 0 spiro atoms. The summed E-state index contributed by atoms with van der Waals surface area (Å²) in [5, 5.41) is 12.3. The Morgan fingerprint density at radius 3 is 0.903 bits per heavy atom. The normalized spacial score (nSPS) is 13.2. The van der Waals surface area contributed by atoms with Gasteiger partial charge in [-0.2, -0.15) is 0 Å². The minimum atomic E-state index is -1.41. The summed E-state index contributed by atoms with van der Waals surface area (Å²) in [6.45, 7) is 32.3. The predicted octanol–water partition coefficient (Wildman–Crippen LogP) is 4.95. The van der Waals surface area contributed by atoms with E-state index in [0.717, 1.165) is 118 Å². The SMILES string of the molecule is Brc1cnc(N2CCNCC2)nc1.C.C.C#C[Si](C)(C)C.C#Cc1cnc(N2CCN(c3ncc(C(=O)O)cn3)CC2)nc1.CCOC(=O)c1cnc(Cl)nc1.CCOC(=O)c1cnc(N2CCN(c3ncc(Br)cn3)CC2)nc1.CCOC(=O)c1cnc(N2CCN(c3ncc(C#C[Si](C)(C)C)cn3)CC2)nc1.Cl.O.[Li+].[OH-]. The van der Waals surface area contributed by atoms with Gasteiger partial charge in [0, 0.05) is 204 Å². The molecule has 41 heteroatoms. The van der Waals surface area contributed by atoms with E-state index in [4.69, 9.17) is 43.8 Å². The molecule has 8 aromatic heterocycles. The summed E-state index contributed by atoms with van der Waals surface area (Å²) in [5.41, 5.74) is 8.68. The fourth-order valence-corrected chi connectivity index (χ4v) is 10.4. The Morgan fingerprint density at radius 1 is 0.434 bits per heavy atom. The summed E-state index contributed by atoms with van der Waals surface area (Å²) in [6.07, 6.45) is 35.6. The maximum atomic E-state index is 11.7. The number of nitrogens with zero attached hydrogens (tertiary/aromatic N) is 23. The van der Waals surface area contributed by atoms with E-state index in [1.807, 2.05) is 4.90 Å². The van der Waals surface area contributed by atoms with Gasteiger partial charge in [-0.05, 0) is 64.2 Å². The van der Waals surface area contributed by atoms with Gasteiger partial charge in [-0.25, -0.2) is 98.9 Å². The molecule has 34 nitrogen and oxygen atoms in total. The summed E-state index contributed by atoms with van der Waals surface area (Å²) >= 11 is 12.1. The van der Waals surface area contributed by atoms with Crippen LogP contribution in [-0.4, -0.2) is 260 Å². The van der Waals surface area contributed by atoms with Gasteiger partial charge in [0.05, 0.1) is 62.1 Å². The predicted molar refractivity (Wildman–Crippen MR) is 446 cm³/mol. The summed E-state index contributed by atoms with van der Waals surface area (Å²) < 4.78 is 16.4. The first-order valence-corrected chi connectivity index (χ1v) is 43.0. The monoisotopic (exact) mass is 1750 g/mol. The fraction of sp³-hybridized carbons (Fsp3) is 0.417. The van der Waals surface area contributed by atoms with Crippen molar-refractivity contribution in [2.75, 3.05) is 159 Å². The quantitative estimate of drug-likeness (QED) is 0.0478. The zero-order valence-corrected chi connectivity index (χ0v) is 70.2. The van der Waals surface area contributed by atoms with Crippen molar-refractivity contribution in [2.24, 2.45) is 0 Å². The maximum absolute atomic E-state index is 11.7. The molecule has 12 rings (SSSR count). The molecule has 0 aliphatic carbocycles. The van der Waals surface area contributed by atoms with Crippen molar-refractivity contribution >= 4 is 138 Å². The number of piperazine rings is 4. The number of carbonyl (C=O) groups excluding carboxylic acids is 3. The number of halogens is 4. The third kappa shape index (κ3) is 34.6. The van der Waals surface area contributed by atoms with Crippen LogP contribution in [0.2, 0.25) is 44.6 Å². The van der Waals surface area contributed by atoms with Crippen LogP contribution in [-0.2, 0) is 14.2 Å². The van der Waals surface area contributed by atoms with E-state index in [0.29, 0.717) is 84.9 Å². The summed E-state index contributed by atoms with van der Waals surface area (Å²) in [5.74, 6) is 8.03. The van der Waals surface area contributed by atoms with Gasteiger partial charge >= 0.3 is 42.7 Å². The number of terminal acetylenes is 2. The molecule has 12 heterocycles. The van der Waals surface area contributed by atoms with Gasteiger partial charge in [0.15, 0.2) is 0 Å². The zero-order chi connectivity index (χ0) is 77.3. The maximum Gasteiger partial charge on any atom is 1.00 e. The third-order valence-corrected chi connectivity index (χ3v) is 17.7. The first-order chi connectivity index (χ1) is 51.3. The van der Waals surface area contributed by atoms with Crippen LogP contribution in [0.3, 0.4) is 0 Å². The molecule has 0 unspecified atom stereocenters. The number of rotatable bonds is 14. The van der Waals surface area contributed by atoms with Gasteiger partial charge in [-0.3, -0.25) is 0 Å². The molecular formula is C72H97Br2Cl2LiN24O10Si2. The molecule has 602 valence electrons. The largest absolute Gasteiger partial charge is 1.00 e. The van der Waals surface area contributed by atoms with Crippen LogP contribution in [0.4, 0.5) is 41.6 Å². The second-order valence-electron chi connectivity index (χ2n) is 25.2. The molecule has 4 saturated heterocycles. The van der Waals surface area contributed by atoms with Gasteiger partial charge in [0.25, 0.3) is 0 Å². The molecule has 0 bridgehead atoms. The van der Waals surface area contributed by atoms with E-state index in [2.05, 4.69) is 209 Å². The number of carboxylic acids is 1. The molecule has 5 N–H and O–H groups in total. The van der Waals surface area contributed by atoms with Crippen molar-refractivity contribution in [3.63, 3.8) is 0 Å². The third-order valence-electron chi connectivity index (χ3n) is 14.9. The average molecular weight is 1750 g/mol. The standard InChI is InChI=1S/C20H26N6O2Si.C15H17BrN6O2.C15H14N6O2.C8H11BrN4.C7H7ClN2O2.C5H10Si.2CH4.ClH.Li.2H2O/c1-5-28-18(27)17-14-23-20(24-15-17)26-9-7-25(8-10-26)19-21-12-16(13-22-19)6-11-29(2,3)4;1-2-24-13(23)11-7-17-14(18-8-11)21-3-5-22(6-4-21)15-19-9-12(16)10-20-15;1-2-11-7-16-14(17-8-11)20-3-5-21(6-4-20)15-18-9-12(10-19-15)13(22)23;9-7-5-11-8(12-6-7)13-3-1-10-2-4-13;1-2-12-6(11)5-3-9-7(8)10-4-5;1-5-6(2,3)4;;;;;;/h12-15H,5,7-10H2,1-4H3;7-10H,2-6H2,1H3;1,7-10H,3-6H2,(H,22,23);5-6,10H,1-4H2;3-4H,2H2,1H3;1H,2-4H3;2*1H4;1H;;2*1H2/q;;;;;;;;;+1;;/p-1. The van der Waals surface area contributed by atoms with Crippen molar-refractivity contribution in [3.8, 4) is 35.8 Å². The minimum Gasteiger partial charge on any atom is -0.870 e. The molecule has 4 aliphatic heterocycles. The van der Waals surface area contributed by atoms with Crippen LogP contribution < -0.4 is 58.5 Å². The molecule has 4 fully saturated rings. The van der Waals surface area contributed by atoms with Crippen LogP contribution in [0.5, 0.6) is 0 Å². The second-order valence-corrected chi connectivity index (χ2v) is 36.9. The molecule has 8 aromatic rings. The molecule has 0 amide bonds. The Kier molecular flexibility index (Phi) is 46.4. The Bertz CT molecular complexity index is 4270. The van der Waals surface area contributed by atoms with Crippen LogP contribution in [0.15, 0.2) is 108 Å². The fourth-order valence-electron chi connectivity index (χ4n) is 9.33. The molecule has 0 saturated carbocycles. The molecule has 0 atom stereocenters. The van der Waals surface area contributed by atoms with Gasteiger partial charge in [0.1, 0.15) is 16.1 Å². The Morgan fingerprint density at radius 2 is 0.664 bits per heavy atom. The first kappa shape index (κ1) is 101. The van der Waals surface area contributed by atoms with Crippen molar-refractivity contribution < 1.29 is 68.3 Å². The van der Waals surface area contributed by atoms with Crippen LogP contribution >= 0.6 is 55.9 Å². The number of ether oxygens (including phenoxy) is 3. The number of anilines is 7. The topological polar surface area (TPSA) is 419 Å². The molecule has 4 aliphatic rings. The number of esters is 3. The van der Waals surface area contributed by atoms with Crippen molar-refractivity contribution in [2.45, 2.75) is 74.9 Å².